The van der Waals surface area contributed by atoms with E-state index in [-0.39, 0.29) is 5.91 Å². The van der Waals surface area contributed by atoms with Gasteiger partial charge in [0.1, 0.15) is 0 Å². The summed E-state index contributed by atoms with van der Waals surface area (Å²) < 4.78 is 38.3. The molecule has 0 atom stereocenters. The van der Waals surface area contributed by atoms with Crippen LogP contribution in [0.2, 0.25) is 0 Å². The highest BCUT2D eigenvalue weighted by atomic mass is 19.4. The maximum Gasteiger partial charge on any atom is 0.416 e. The summed E-state index contributed by atoms with van der Waals surface area (Å²) in [5.74, 6) is -0.00816. The van der Waals surface area contributed by atoms with Crippen LogP contribution in [0.25, 0.3) is 11.1 Å². The van der Waals surface area contributed by atoms with Crippen LogP contribution in [0.3, 0.4) is 0 Å². The number of alkyl halides is 3. The molecule has 3 rings (SSSR count). The summed E-state index contributed by atoms with van der Waals surface area (Å²) in [7, 11) is 1.69. The number of halogens is 3. The zero-order valence-electron chi connectivity index (χ0n) is 11.2. The number of amides is 1. The Morgan fingerprint density at radius 3 is 2.48 bits per heavy atom. The maximum atomic E-state index is 12.8. The van der Waals surface area contributed by atoms with Crippen LogP contribution in [0.5, 0.6) is 0 Å². The standard InChI is InChI=1S/C16H12F3NO/c1-20-14-6-5-11(7-12(14)9-15(20)21)10-3-2-4-13(8-10)16(17,18)19/h2-8H,9H2,1H3. The summed E-state index contributed by atoms with van der Waals surface area (Å²) in [4.78, 5) is 13.2. The van der Waals surface area contributed by atoms with Gasteiger partial charge in [-0.2, -0.15) is 13.2 Å². The molecule has 0 spiro atoms. The fourth-order valence-electron chi connectivity index (χ4n) is 2.52. The summed E-state index contributed by atoms with van der Waals surface area (Å²) in [6, 6.07) is 10.5. The number of likely N-dealkylation sites (N-methyl/N-ethyl adjacent to an activating group) is 1. The lowest BCUT2D eigenvalue weighted by atomic mass is 10.00. The summed E-state index contributed by atoms with van der Waals surface area (Å²) in [5, 5.41) is 0. The third-order valence-corrected chi connectivity index (χ3v) is 3.68. The van der Waals surface area contributed by atoms with Gasteiger partial charge in [-0.05, 0) is 41.0 Å². The van der Waals surface area contributed by atoms with Crippen molar-refractivity contribution in [1.82, 2.24) is 0 Å². The molecule has 0 aromatic heterocycles. The van der Waals surface area contributed by atoms with E-state index in [4.69, 9.17) is 0 Å². The van der Waals surface area contributed by atoms with Gasteiger partial charge in [-0.25, -0.2) is 0 Å². The molecular weight excluding hydrogens is 279 g/mol. The average Bonchev–Trinajstić information content (AvgIpc) is 2.73. The molecule has 1 aliphatic rings. The van der Waals surface area contributed by atoms with Gasteiger partial charge in [-0.3, -0.25) is 4.79 Å². The van der Waals surface area contributed by atoms with Gasteiger partial charge in [0, 0.05) is 12.7 Å². The molecule has 1 aliphatic heterocycles. The van der Waals surface area contributed by atoms with Crippen LogP contribution in [0.15, 0.2) is 42.5 Å². The molecular formula is C16H12F3NO. The quantitative estimate of drug-likeness (QED) is 0.780. The van der Waals surface area contributed by atoms with Crippen LogP contribution in [0.1, 0.15) is 11.1 Å². The number of fused-ring (bicyclic) bond motifs is 1. The molecule has 0 aliphatic carbocycles. The molecule has 0 radical (unpaired) electrons. The van der Waals surface area contributed by atoms with E-state index in [2.05, 4.69) is 0 Å². The van der Waals surface area contributed by atoms with Crippen molar-refractivity contribution < 1.29 is 18.0 Å². The highest BCUT2D eigenvalue weighted by Gasteiger charge is 2.30. The van der Waals surface area contributed by atoms with Crippen LogP contribution >= 0.6 is 0 Å². The first-order valence-corrected chi connectivity index (χ1v) is 6.43. The second kappa shape index (κ2) is 4.62. The van der Waals surface area contributed by atoms with Crippen LogP contribution in [0.4, 0.5) is 18.9 Å². The predicted octanol–water partition coefficient (Wildman–Crippen LogP) is 3.89. The van der Waals surface area contributed by atoms with E-state index in [1.165, 1.54) is 6.07 Å². The van der Waals surface area contributed by atoms with Crippen molar-refractivity contribution in [3.8, 4) is 11.1 Å². The Balaban J connectivity index is 2.03. The third-order valence-electron chi connectivity index (χ3n) is 3.68. The fraction of sp³-hybridized carbons (Fsp3) is 0.188. The molecule has 2 aromatic rings. The Morgan fingerprint density at radius 1 is 1.05 bits per heavy atom. The second-order valence-corrected chi connectivity index (χ2v) is 5.05. The Kier molecular flexibility index (Phi) is 3.01. The Labute approximate surface area is 119 Å². The molecule has 1 heterocycles. The van der Waals surface area contributed by atoms with E-state index >= 15 is 0 Å². The van der Waals surface area contributed by atoms with Crippen molar-refractivity contribution in [1.29, 1.82) is 0 Å². The van der Waals surface area contributed by atoms with Gasteiger partial charge in [0.15, 0.2) is 0 Å². The smallest absolute Gasteiger partial charge is 0.315 e. The molecule has 0 saturated carbocycles. The molecule has 108 valence electrons. The van der Waals surface area contributed by atoms with Crippen LogP contribution < -0.4 is 4.90 Å². The summed E-state index contributed by atoms with van der Waals surface area (Å²) in [5.41, 5.74) is 2.17. The van der Waals surface area contributed by atoms with Crippen molar-refractivity contribution >= 4 is 11.6 Å². The van der Waals surface area contributed by atoms with Crippen molar-refractivity contribution in [2.75, 3.05) is 11.9 Å². The number of nitrogens with zero attached hydrogens (tertiary/aromatic N) is 1. The minimum Gasteiger partial charge on any atom is -0.315 e. The van der Waals surface area contributed by atoms with E-state index in [1.54, 1.807) is 36.2 Å². The normalized spacial score (nSPS) is 14.5. The largest absolute Gasteiger partial charge is 0.416 e. The lowest BCUT2D eigenvalue weighted by Crippen LogP contribution is -2.20. The lowest BCUT2D eigenvalue weighted by Gasteiger charge is -2.12. The molecule has 5 heteroatoms. The number of carbonyl (C=O) groups is 1. The molecule has 2 aromatic carbocycles. The fourth-order valence-corrected chi connectivity index (χ4v) is 2.52. The zero-order chi connectivity index (χ0) is 15.2. The van der Waals surface area contributed by atoms with Gasteiger partial charge in [-0.15, -0.1) is 0 Å². The lowest BCUT2D eigenvalue weighted by molar-refractivity contribution is -0.137. The predicted molar refractivity (Wildman–Crippen MR) is 74.0 cm³/mol. The third kappa shape index (κ3) is 2.39. The molecule has 0 N–H and O–H groups in total. The topological polar surface area (TPSA) is 20.3 Å². The molecule has 0 fully saturated rings. The number of hydrogen-bond acceptors (Lipinski definition) is 1. The first kappa shape index (κ1) is 13.7. The van der Waals surface area contributed by atoms with Crippen molar-refractivity contribution in [3.63, 3.8) is 0 Å². The number of carbonyl (C=O) groups excluding carboxylic acids is 1. The molecule has 0 bridgehead atoms. The highest BCUT2D eigenvalue weighted by Crippen LogP contribution is 2.35. The molecule has 2 nitrogen and oxygen atoms in total. The number of anilines is 1. The van der Waals surface area contributed by atoms with Gasteiger partial charge >= 0.3 is 6.18 Å². The number of hydrogen-bond donors (Lipinski definition) is 0. The zero-order valence-corrected chi connectivity index (χ0v) is 11.2. The molecule has 0 unspecified atom stereocenters. The van der Waals surface area contributed by atoms with Gasteiger partial charge in [0.2, 0.25) is 5.91 Å². The van der Waals surface area contributed by atoms with Crippen LogP contribution in [-0.2, 0) is 17.4 Å². The minimum absolute atomic E-state index is 0.00816. The van der Waals surface area contributed by atoms with E-state index < -0.39 is 11.7 Å². The van der Waals surface area contributed by atoms with E-state index in [9.17, 15) is 18.0 Å². The molecule has 0 saturated heterocycles. The summed E-state index contributed by atoms with van der Waals surface area (Å²) in [6.45, 7) is 0. The van der Waals surface area contributed by atoms with E-state index in [1.807, 2.05) is 0 Å². The SMILES string of the molecule is CN1C(=O)Cc2cc(-c3cccc(C(F)(F)F)c3)ccc21. The van der Waals surface area contributed by atoms with E-state index in [0.717, 1.165) is 23.4 Å². The van der Waals surface area contributed by atoms with Crippen LogP contribution in [0, 0.1) is 0 Å². The number of rotatable bonds is 1. The van der Waals surface area contributed by atoms with E-state index in [0.29, 0.717) is 17.5 Å². The number of benzene rings is 2. The minimum atomic E-state index is -4.36. The van der Waals surface area contributed by atoms with Crippen molar-refractivity contribution in [2.24, 2.45) is 0 Å². The molecule has 1 amide bonds. The van der Waals surface area contributed by atoms with Gasteiger partial charge in [0.25, 0.3) is 0 Å². The Bertz CT molecular complexity index is 722. The molecule has 21 heavy (non-hydrogen) atoms. The Hall–Kier alpha value is -2.30. The average molecular weight is 291 g/mol. The second-order valence-electron chi connectivity index (χ2n) is 5.05. The van der Waals surface area contributed by atoms with Crippen molar-refractivity contribution in [2.45, 2.75) is 12.6 Å². The first-order valence-electron chi connectivity index (χ1n) is 6.43. The van der Waals surface area contributed by atoms with Gasteiger partial charge < -0.3 is 4.90 Å². The Morgan fingerprint density at radius 2 is 1.76 bits per heavy atom. The van der Waals surface area contributed by atoms with Gasteiger partial charge in [-0.1, -0.05) is 18.2 Å². The van der Waals surface area contributed by atoms with Crippen LogP contribution in [-0.4, -0.2) is 13.0 Å². The summed E-state index contributed by atoms with van der Waals surface area (Å²) in [6.07, 6.45) is -4.07. The monoisotopic (exact) mass is 291 g/mol. The maximum absolute atomic E-state index is 12.8. The van der Waals surface area contributed by atoms with Gasteiger partial charge in [0.05, 0.1) is 12.0 Å². The summed E-state index contributed by atoms with van der Waals surface area (Å²) >= 11 is 0. The highest BCUT2D eigenvalue weighted by molar-refractivity contribution is 6.01. The first-order chi connectivity index (χ1) is 9.86. The van der Waals surface area contributed by atoms with Crippen molar-refractivity contribution in [3.05, 3.63) is 53.6 Å².